The van der Waals surface area contributed by atoms with Gasteiger partial charge in [0.05, 0.1) is 11.8 Å². The van der Waals surface area contributed by atoms with Gasteiger partial charge in [0, 0.05) is 38.2 Å². The van der Waals surface area contributed by atoms with Crippen LogP contribution in [-0.4, -0.2) is 32.5 Å². The highest BCUT2D eigenvalue weighted by Crippen LogP contribution is 2.49. The van der Waals surface area contributed by atoms with E-state index in [1.807, 2.05) is 0 Å². The lowest BCUT2D eigenvalue weighted by molar-refractivity contribution is -0.278. The van der Waals surface area contributed by atoms with Crippen LogP contribution >= 0.6 is 0 Å². The maximum Gasteiger partial charge on any atom is 0.742 e. The van der Waals surface area contributed by atoms with Gasteiger partial charge < -0.3 is 22.8 Å². The molecule has 4 rings (SSSR count). The lowest BCUT2D eigenvalue weighted by atomic mass is 9.72. The fourth-order valence-electron chi connectivity index (χ4n) is 5.93. The van der Waals surface area contributed by atoms with E-state index in [2.05, 4.69) is 0 Å². The van der Waals surface area contributed by atoms with Gasteiger partial charge in [-0.3, -0.25) is 14.4 Å². The number of carbonyl (C=O) groups excluding carboxylic acids is 3. The molecule has 3 aliphatic rings. The summed E-state index contributed by atoms with van der Waals surface area (Å²) in [7, 11) is -4.18. The molecular weight excluding hydrogens is 468 g/mol. The van der Waals surface area contributed by atoms with Crippen molar-refractivity contribution < 1.29 is 37.1 Å². The van der Waals surface area contributed by atoms with E-state index in [0.29, 0.717) is 29.4 Å². The molecule has 0 amide bonds. The van der Waals surface area contributed by atoms with E-state index in [1.54, 1.807) is 18.2 Å². The van der Waals surface area contributed by atoms with Gasteiger partial charge in [-0.05, 0) is 43.9 Å². The van der Waals surface area contributed by atoms with Gasteiger partial charge in [-0.1, -0.05) is 38.5 Å². The summed E-state index contributed by atoms with van der Waals surface area (Å²) in [6.45, 7) is 3.87. The molecule has 1 aliphatic heterocycles. The molecule has 0 unspecified atom stereocenters. The predicted octanol–water partition coefficient (Wildman–Crippen LogP) is 4.29. The van der Waals surface area contributed by atoms with E-state index in [9.17, 15) is 14.4 Å². The number of rotatable bonds is 6. The molecule has 1 heterocycles. The van der Waals surface area contributed by atoms with Crippen molar-refractivity contribution in [1.29, 1.82) is 0 Å². The summed E-state index contributed by atoms with van der Waals surface area (Å²) in [5.74, 6) is -1.35. The van der Waals surface area contributed by atoms with E-state index in [-0.39, 0.29) is 0 Å². The second kappa shape index (κ2) is 10.7. The Bertz CT molecular complexity index is 890. The number of fused-ring (bicyclic) bond motifs is 1. The van der Waals surface area contributed by atoms with Crippen LogP contribution in [-0.2, 0) is 39.0 Å². The Balaban J connectivity index is 1.69. The Morgan fingerprint density at radius 3 is 1.74 bits per heavy atom. The van der Waals surface area contributed by atoms with E-state index >= 15 is 0 Å². The first-order valence-corrected chi connectivity index (χ1v) is 14.5. The van der Waals surface area contributed by atoms with E-state index < -0.39 is 32.5 Å². The molecule has 9 heteroatoms. The van der Waals surface area contributed by atoms with Crippen LogP contribution < -0.4 is 9.92 Å². The third-order valence-corrected chi connectivity index (χ3v) is 10.0. The van der Waals surface area contributed by atoms with Gasteiger partial charge in [-0.2, -0.15) is 0 Å². The lowest BCUT2D eigenvalue weighted by Crippen LogP contribution is -2.59. The number of benzene rings is 1. The smallest absolute Gasteiger partial charge is 0.461 e. The fraction of sp³-hybridized carbons (Fsp3) is 0.654. The standard InChI is InChI=1S/C26H36O8Si/c1-18(27)32-35(33-19(2)28,34-20(3)29)24-14-15-25-21(16-24)17-30-26(31-25,22-10-6-4-7-11-22)23-12-8-5-9-13-23/h14-16,22-23H,4-13,17H2,1-3H3. The Morgan fingerprint density at radius 2 is 1.29 bits per heavy atom. The lowest BCUT2D eigenvalue weighted by Gasteiger charge is -2.50. The van der Waals surface area contributed by atoms with Gasteiger partial charge in [0.15, 0.2) is 0 Å². The molecule has 0 aromatic heterocycles. The Morgan fingerprint density at radius 1 is 0.800 bits per heavy atom. The van der Waals surface area contributed by atoms with Crippen LogP contribution in [0.15, 0.2) is 18.2 Å². The van der Waals surface area contributed by atoms with E-state index in [0.717, 1.165) is 31.2 Å². The zero-order chi connectivity index (χ0) is 25.1. The number of carbonyl (C=O) groups is 3. The molecule has 1 aromatic carbocycles. The minimum Gasteiger partial charge on any atom is -0.461 e. The summed E-state index contributed by atoms with van der Waals surface area (Å²) in [6, 6.07) is 5.17. The van der Waals surface area contributed by atoms with Crippen molar-refractivity contribution in [2.75, 3.05) is 0 Å². The van der Waals surface area contributed by atoms with Crippen LogP contribution in [0.5, 0.6) is 5.75 Å². The first kappa shape index (κ1) is 25.7. The second-order valence-electron chi connectivity index (χ2n) is 9.94. The summed E-state index contributed by atoms with van der Waals surface area (Å²) in [4.78, 5) is 35.7. The topological polar surface area (TPSA) is 97.4 Å². The number of hydrogen-bond donors (Lipinski definition) is 0. The zero-order valence-electron chi connectivity index (χ0n) is 20.9. The highest BCUT2D eigenvalue weighted by molar-refractivity contribution is 6.79. The molecule has 2 saturated carbocycles. The molecule has 2 fully saturated rings. The van der Waals surface area contributed by atoms with Crippen LogP contribution in [0, 0.1) is 11.8 Å². The van der Waals surface area contributed by atoms with Crippen LogP contribution in [0.4, 0.5) is 0 Å². The third kappa shape index (κ3) is 5.56. The van der Waals surface area contributed by atoms with Crippen LogP contribution in [0.2, 0.25) is 0 Å². The molecule has 0 N–H and O–H groups in total. The highest BCUT2D eigenvalue weighted by atomic mass is 28.4. The molecule has 1 aromatic rings. The van der Waals surface area contributed by atoms with Gasteiger partial charge in [-0.25, -0.2) is 0 Å². The van der Waals surface area contributed by atoms with Crippen molar-refractivity contribution >= 4 is 31.9 Å². The molecule has 2 aliphatic carbocycles. The summed E-state index contributed by atoms with van der Waals surface area (Å²) in [6.07, 6.45) is 11.7. The van der Waals surface area contributed by atoms with Crippen molar-refractivity contribution in [1.82, 2.24) is 0 Å². The van der Waals surface area contributed by atoms with Crippen LogP contribution in [0.3, 0.4) is 0 Å². The summed E-state index contributed by atoms with van der Waals surface area (Å²) < 4.78 is 29.6. The first-order chi connectivity index (χ1) is 16.7. The molecule has 0 saturated heterocycles. The average molecular weight is 505 g/mol. The first-order valence-electron chi connectivity index (χ1n) is 12.8. The second-order valence-corrected chi connectivity index (χ2v) is 12.2. The largest absolute Gasteiger partial charge is 0.742 e. The molecular formula is C26H36O8Si. The van der Waals surface area contributed by atoms with Crippen molar-refractivity contribution in [3.8, 4) is 5.75 Å². The fourth-order valence-corrected chi connectivity index (χ4v) is 8.18. The van der Waals surface area contributed by atoms with Gasteiger partial charge in [0.25, 0.3) is 17.9 Å². The van der Waals surface area contributed by atoms with Crippen LogP contribution in [0.25, 0.3) is 0 Å². The summed E-state index contributed by atoms with van der Waals surface area (Å²) >= 11 is 0. The minimum atomic E-state index is -4.18. The van der Waals surface area contributed by atoms with Gasteiger partial charge in [0.2, 0.25) is 5.79 Å². The van der Waals surface area contributed by atoms with Crippen molar-refractivity contribution in [2.24, 2.45) is 11.8 Å². The van der Waals surface area contributed by atoms with Gasteiger partial charge >= 0.3 is 8.80 Å². The molecule has 0 atom stereocenters. The van der Waals surface area contributed by atoms with Crippen molar-refractivity contribution in [3.05, 3.63) is 23.8 Å². The Labute approximate surface area is 208 Å². The third-order valence-electron chi connectivity index (χ3n) is 7.32. The SMILES string of the molecule is CC(=O)O[Si](OC(C)=O)(OC(C)=O)c1ccc2c(c1)COC(C1CCCCC1)(C1CCCCC1)O2. The molecule has 35 heavy (non-hydrogen) atoms. The molecule has 192 valence electrons. The maximum atomic E-state index is 11.9. The van der Waals surface area contributed by atoms with Crippen LogP contribution in [0.1, 0.15) is 90.5 Å². The number of hydrogen-bond acceptors (Lipinski definition) is 8. The van der Waals surface area contributed by atoms with Gasteiger partial charge in [-0.15, -0.1) is 0 Å². The molecule has 0 bridgehead atoms. The molecule has 0 spiro atoms. The normalized spacial score (nSPS) is 20.8. The quantitative estimate of drug-likeness (QED) is 0.530. The predicted molar refractivity (Wildman–Crippen MR) is 128 cm³/mol. The highest BCUT2D eigenvalue weighted by Gasteiger charge is 2.56. The summed E-state index contributed by atoms with van der Waals surface area (Å²) in [5, 5.41) is 0.326. The van der Waals surface area contributed by atoms with Crippen molar-refractivity contribution in [2.45, 2.75) is 97.4 Å². The van der Waals surface area contributed by atoms with Gasteiger partial charge in [0.1, 0.15) is 5.75 Å². The zero-order valence-corrected chi connectivity index (χ0v) is 21.9. The molecule has 8 nitrogen and oxygen atoms in total. The average Bonchev–Trinajstić information content (AvgIpc) is 2.83. The van der Waals surface area contributed by atoms with E-state index in [1.165, 1.54) is 59.3 Å². The minimum absolute atomic E-state index is 0.320. The maximum absolute atomic E-state index is 11.9. The molecule has 0 radical (unpaired) electrons. The Kier molecular flexibility index (Phi) is 7.85. The van der Waals surface area contributed by atoms with Crippen molar-refractivity contribution in [3.63, 3.8) is 0 Å². The van der Waals surface area contributed by atoms with E-state index in [4.69, 9.17) is 22.8 Å². The monoisotopic (exact) mass is 504 g/mol. The Hall–Kier alpha value is -2.39. The summed E-state index contributed by atoms with van der Waals surface area (Å²) in [5.41, 5.74) is 0.744. The number of ether oxygens (including phenoxy) is 2.